The van der Waals surface area contributed by atoms with Crippen LogP contribution in [0.15, 0.2) is 10.8 Å². The number of alkyl halides is 3. The molecule has 0 aliphatic heterocycles. The highest BCUT2D eigenvalue weighted by Crippen LogP contribution is 2.26. The Morgan fingerprint density at radius 1 is 1.44 bits per heavy atom. The minimum absolute atomic E-state index is 0.628. The Balaban J connectivity index is 2.90. The Morgan fingerprint density at radius 2 is 2.11 bits per heavy atom. The minimum Gasteiger partial charge on any atom is -0.420 e. The molecule has 0 N–H and O–H groups in total. The molecule has 6 heteroatoms. The highest BCUT2D eigenvalue weighted by Gasteiger charge is 2.36. The lowest BCUT2D eigenvalue weighted by Gasteiger charge is -1.95. The molecule has 0 spiro atoms. The van der Waals surface area contributed by atoms with Crippen molar-refractivity contribution in [3.05, 3.63) is 12.3 Å². The van der Waals surface area contributed by atoms with Gasteiger partial charge < -0.3 is 4.42 Å². The summed E-state index contributed by atoms with van der Waals surface area (Å²) in [6.45, 7) is 0. The van der Waals surface area contributed by atoms with E-state index in [2.05, 4.69) is 14.6 Å². The fourth-order valence-corrected chi connectivity index (χ4v) is 0.297. The van der Waals surface area contributed by atoms with Crippen LogP contribution in [0.2, 0.25) is 0 Å². The molecular formula is C3HF3N2O. The van der Waals surface area contributed by atoms with Crippen molar-refractivity contribution in [2.75, 3.05) is 0 Å². The fraction of sp³-hybridized carbons (Fsp3) is 0.333. The number of nitrogens with zero attached hydrogens (tertiary/aromatic N) is 2. The normalized spacial score (nSPS) is 11.9. The van der Waals surface area contributed by atoms with E-state index in [4.69, 9.17) is 0 Å². The summed E-state index contributed by atoms with van der Waals surface area (Å²) in [6.07, 6.45) is -3.89. The SMILES string of the molecule is FC(F)(F)c1nnco1. The van der Waals surface area contributed by atoms with Crippen molar-refractivity contribution in [1.82, 2.24) is 10.2 Å². The third-order valence-electron chi connectivity index (χ3n) is 0.603. The molecule has 1 rings (SSSR count). The van der Waals surface area contributed by atoms with Crippen LogP contribution in [0.5, 0.6) is 0 Å². The topological polar surface area (TPSA) is 38.9 Å². The predicted molar refractivity (Wildman–Crippen MR) is 19.3 cm³/mol. The number of hydrogen-bond donors (Lipinski definition) is 0. The van der Waals surface area contributed by atoms with Gasteiger partial charge in [-0.25, -0.2) is 0 Å². The van der Waals surface area contributed by atoms with E-state index in [1.807, 2.05) is 0 Å². The largest absolute Gasteiger partial charge is 0.470 e. The van der Waals surface area contributed by atoms with Crippen LogP contribution in [0, 0.1) is 0 Å². The van der Waals surface area contributed by atoms with E-state index < -0.39 is 12.1 Å². The maximum Gasteiger partial charge on any atom is 0.470 e. The summed E-state index contributed by atoms with van der Waals surface area (Å²) in [5.74, 6) is -1.32. The summed E-state index contributed by atoms with van der Waals surface area (Å²) in [4.78, 5) is 0. The van der Waals surface area contributed by atoms with Gasteiger partial charge in [0, 0.05) is 0 Å². The second kappa shape index (κ2) is 1.71. The molecule has 1 heterocycles. The molecule has 50 valence electrons. The Labute approximate surface area is 47.5 Å². The van der Waals surface area contributed by atoms with Gasteiger partial charge in [-0.2, -0.15) is 13.2 Å². The molecule has 0 saturated heterocycles. The monoisotopic (exact) mass is 138 g/mol. The smallest absolute Gasteiger partial charge is 0.420 e. The lowest BCUT2D eigenvalue weighted by molar-refractivity contribution is -0.157. The van der Waals surface area contributed by atoms with Gasteiger partial charge in [0.05, 0.1) is 0 Å². The number of halogens is 3. The first-order valence-electron chi connectivity index (χ1n) is 1.94. The standard InChI is InChI=1S/C3HF3N2O/c4-3(5,6)2-8-7-1-9-2/h1H. The van der Waals surface area contributed by atoms with Crippen LogP contribution in [0.3, 0.4) is 0 Å². The van der Waals surface area contributed by atoms with E-state index in [9.17, 15) is 13.2 Å². The van der Waals surface area contributed by atoms with E-state index in [0.717, 1.165) is 0 Å². The summed E-state index contributed by atoms with van der Waals surface area (Å²) in [5, 5.41) is 5.50. The van der Waals surface area contributed by atoms with Gasteiger partial charge >= 0.3 is 12.1 Å². The highest BCUT2D eigenvalue weighted by molar-refractivity contribution is 4.78. The quantitative estimate of drug-likeness (QED) is 0.538. The van der Waals surface area contributed by atoms with Gasteiger partial charge in [0.1, 0.15) is 0 Å². The molecule has 1 aromatic heterocycles. The molecule has 0 amide bonds. The average Bonchev–Trinajstić information content (AvgIpc) is 2.08. The van der Waals surface area contributed by atoms with Crippen LogP contribution in [-0.4, -0.2) is 10.2 Å². The molecule has 1 aromatic rings. The van der Waals surface area contributed by atoms with Crippen molar-refractivity contribution >= 4 is 0 Å². The summed E-state index contributed by atoms with van der Waals surface area (Å²) >= 11 is 0. The first kappa shape index (κ1) is 6.06. The maximum absolute atomic E-state index is 11.4. The summed E-state index contributed by atoms with van der Waals surface area (Å²) in [7, 11) is 0. The molecule has 0 aliphatic rings. The fourth-order valence-electron chi connectivity index (χ4n) is 0.297. The van der Waals surface area contributed by atoms with E-state index >= 15 is 0 Å². The van der Waals surface area contributed by atoms with E-state index in [1.54, 1.807) is 0 Å². The summed E-state index contributed by atoms with van der Waals surface area (Å²) in [6, 6.07) is 0. The van der Waals surface area contributed by atoms with Gasteiger partial charge in [-0.15, -0.1) is 10.2 Å². The molecule has 0 aromatic carbocycles. The third kappa shape index (κ3) is 1.18. The number of aromatic nitrogens is 2. The van der Waals surface area contributed by atoms with Crippen molar-refractivity contribution in [3.63, 3.8) is 0 Å². The van der Waals surface area contributed by atoms with Crippen LogP contribution in [0.4, 0.5) is 13.2 Å². The Bertz CT molecular complexity index is 179. The van der Waals surface area contributed by atoms with Gasteiger partial charge in [-0.1, -0.05) is 0 Å². The molecule has 0 fully saturated rings. The van der Waals surface area contributed by atoms with Crippen molar-refractivity contribution in [2.45, 2.75) is 6.18 Å². The number of hydrogen-bond acceptors (Lipinski definition) is 3. The molecular weight excluding hydrogens is 137 g/mol. The van der Waals surface area contributed by atoms with Crippen LogP contribution < -0.4 is 0 Å². The molecule has 0 bridgehead atoms. The summed E-state index contributed by atoms with van der Waals surface area (Å²) in [5.41, 5.74) is 0. The van der Waals surface area contributed by atoms with Crippen molar-refractivity contribution in [3.8, 4) is 0 Å². The van der Waals surface area contributed by atoms with Crippen molar-refractivity contribution < 1.29 is 17.6 Å². The lowest BCUT2D eigenvalue weighted by Crippen LogP contribution is -2.04. The second-order valence-corrected chi connectivity index (χ2v) is 1.24. The lowest BCUT2D eigenvalue weighted by atomic mass is 10.7. The van der Waals surface area contributed by atoms with Crippen molar-refractivity contribution in [1.29, 1.82) is 0 Å². The van der Waals surface area contributed by atoms with Crippen molar-refractivity contribution in [2.24, 2.45) is 0 Å². The van der Waals surface area contributed by atoms with Crippen LogP contribution >= 0.6 is 0 Å². The summed E-state index contributed by atoms with van der Waals surface area (Å²) < 4.78 is 38.1. The molecule has 0 aliphatic carbocycles. The van der Waals surface area contributed by atoms with Crippen LogP contribution in [0.25, 0.3) is 0 Å². The van der Waals surface area contributed by atoms with Gasteiger partial charge in [0.15, 0.2) is 0 Å². The Kier molecular flexibility index (Phi) is 1.15. The van der Waals surface area contributed by atoms with Gasteiger partial charge in [-0.3, -0.25) is 0 Å². The van der Waals surface area contributed by atoms with E-state index in [1.165, 1.54) is 0 Å². The second-order valence-electron chi connectivity index (χ2n) is 1.24. The zero-order valence-electron chi connectivity index (χ0n) is 4.01. The Morgan fingerprint density at radius 3 is 2.33 bits per heavy atom. The van der Waals surface area contributed by atoms with Crippen LogP contribution in [0.1, 0.15) is 5.89 Å². The highest BCUT2D eigenvalue weighted by atomic mass is 19.4. The van der Waals surface area contributed by atoms with E-state index in [-0.39, 0.29) is 0 Å². The molecule has 0 radical (unpaired) electrons. The van der Waals surface area contributed by atoms with Gasteiger partial charge in [-0.05, 0) is 0 Å². The molecule has 9 heavy (non-hydrogen) atoms. The maximum atomic E-state index is 11.4. The third-order valence-corrected chi connectivity index (χ3v) is 0.603. The van der Waals surface area contributed by atoms with E-state index in [0.29, 0.717) is 6.39 Å². The molecule has 0 saturated carbocycles. The minimum atomic E-state index is -4.52. The first-order valence-corrected chi connectivity index (χ1v) is 1.94. The molecule has 0 unspecified atom stereocenters. The zero-order valence-corrected chi connectivity index (χ0v) is 4.01. The predicted octanol–water partition coefficient (Wildman–Crippen LogP) is 1.09. The molecule has 3 nitrogen and oxygen atoms in total. The number of rotatable bonds is 0. The van der Waals surface area contributed by atoms with Gasteiger partial charge in [0.25, 0.3) is 0 Å². The molecule has 0 atom stereocenters. The van der Waals surface area contributed by atoms with Gasteiger partial charge in [0.2, 0.25) is 6.39 Å². The first-order chi connectivity index (χ1) is 4.11. The average molecular weight is 138 g/mol. The zero-order chi connectivity index (χ0) is 6.91. The van der Waals surface area contributed by atoms with Crippen LogP contribution in [-0.2, 0) is 6.18 Å². The Hall–Kier alpha value is -1.07.